The van der Waals surface area contributed by atoms with Crippen molar-refractivity contribution in [2.24, 2.45) is 0 Å². The van der Waals surface area contributed by atoms with Crippen LogP contribution in [-0.4, -0.2) is 5.11 Å². The van der Waals surface area contributed by atoms with Gasteiger partial charge in [0.05, 0.1) is 11.5 Å². The third kappa shape index (κ3) is 5.60. The zero-order valence-corrected chi connectivity index (χ0v) is 35.2. The molecule has 0 amide bonds. The van der Waals surface area contributed by atoms with Crippen molar-refractivity contribution in [2.45, 2.75) is 23.8 Å². The fourth-order valence-corrected chi connectivity index (χ4v) is 11.0. The van der Waals surface area contributed by atoms with Gasteiger partial charge in [0.15, 0.2) is 17.2 Å². The van der Waals surface area contributed by atoms with Crippen LogP contribution in [0.5, 0.6) is 28.7 Å². The number of nitrogens with zero attached hydrogens (tertiary/aromatic N) is 1. The van der Waals surface area contributed by atoms with E-state index in [2.05, 4.69) is 180 Å². The summed E-state index contributed by atoms with van der Waals surface area (Å²) in [5.74, 6) is 3.12. The maximum absolute atomic E-state index is 10.8. The molecule has 2 N–H and O–H groups in total. The van der Waals surface area contributed by atoms with Crippen molar-refractivity contribution in [3.05, 3.63) is 258 Å². The SMILES string of the molecule is Oc1ccccc1C1NC=CC=C1c1cccc(N(c2ccccc2)c2ccc(-c3c#cc4c(c3)Oc3c(ccc5c3-c3ccccc3C53C5=CC=CCC5c5ccccc53)O4)cc2)c1. The van der Waals surface area contributed by atoms with Gasteiger partial charge in [-0.1, -0.05) is 146 Å². The van der Waals surface area contributed by atoms with E-state index in [1.54, 1.807) is 6.07 Å². The molecule has 0 radical (unpaired) electrons. The molecule has 0 aromatic heterocycles. The van der Waals surface area contributed by atoms with Gasteiger partial charge in [0.1, 0.15) is 5.75 Å². The second-order valence-electron chi connectivity index (χ2n) is 17.1. The molecule has 0 fully saturated rings. The molecule has 13 rings (SSSR count). The number of hydrogen-bond acceptors (Lipinski definition) is 5. The molecule has 3 aliphatic carbocycles. The molecule has 5 heteroatoms. The minimum Gasteiger partial charge on any atom is -0.508 e. The number of aromatic hydroxyl groups is 1. The smallest absolute Gasteiger partial charge is 0.220 e. The molecule has 2 heterocycles. The second kappa shape index (κ2) is 14.6. The van der Waals surface area contributed by atoms with Crippen molar-refractivity contribution >= 4 is 22.6 Å². The van der Waals surface area contributed by atoms with Crippen LogP contribution in [0.2, 0.25) is 0 Å². The Bertz CT molecular complexity index is 3360. The Balaban J connectivity index is 0.853. The zero-order valence-electron chi connectivity index (χ0n) is 35.2. The highest BCUT2D eigenvalue weighted by Crippen LogP contribution is 2.68. The van der Waals surface area contributed by atoms with Gasteiger partial charge >= 0.3 is 0 Å². The predicted octanol–water partition coefficient (Wildman–Crippen LogP) is 14.6. The third-order valence-corrected chi connectivity index (χ3v) is 13.8. The van der Waals surface area contributed by atoms with Crippen molar-refractivity contribution in [2.75, 3.05) is 4.90 Å². The van der Waals surface area contributed by atoms with Crippen LogP contribution in [0.25, 0.3) is 27.8 Å². The van der Waals surface area contributed by atoms with Crippen LogP contribution in [0.4, 0.5) is 17.1 Å². The van der Waals surface area contributed by atoms with Crippen molar-refractivity contribution in [3.8, 4) is 51.0 Å². The van der Waals surface area contributed by atoms with Gasteiger partial charge in [0, 0.05) is 45.7 Å². The highest BCUT2D eigenvalue weighted by atomic mass is 16.6. The van der Waals surface area contributed by atoms with Crippen LogP contribution in [0, 0.1) is 12.1 Å². The number of phenolic OH excluding ortho intramolecular Hbond substituents is 1. The van der Waals surface area contributed by atoms with E-state index in [9.17, 15) is 5.11 Å². The normalized spacial score (nSPS) is 18.8. The Morgan fingerprint density at radius 3 is 2.25 bits per heavy atom. The van der Waals surface area contributed by atoms with Gasteiger partial charge in [-0.2, -0.15) is 0 Å². The molecular formula is C60H40N2O3. The largest absolute Gasteiger partial charge is 0.508 e. The van der Waals surface area contributed by atoms with E-state index < -0.39 is 5.41 Å². The Morgan fingerprint density at radius 2 is 1.37 bits per heavy atom. The minimum atomic E-state index is -0.411. The Morgan fingerprint density at radius 1 is 0.600 bits per heavy atom. The lowest BCUT2D eigenvalue weighted by atomic mass is 9.69. The molecule has 8 aromatic carbocycles. The van der Waals surface area contributed by atoms with Crippen LogP contribution in [0.15, 0.2) is 212 Å². The fraction of sp³-hybridized carbons (Fsp3) is 0.0667. The van der Waals surface area contributed by atoms with E-state index in [0.29, 0.717) is 23.2 Å². The molecule has 5 nitrogen and oxygen atoms in total. The van der Waals surface area contributed by atoms with Crippen molar-refractivity contribution < 1.29 is 14.6 Å². The van der Waals surface area contributed by atoms with Crippen molar-refractivity contribution in [1.29, 1.82) is 0 Å². The summed E-state index contributed by atoms with van der Waals surface area (Å²) in [4.78, 5) is 2.27. The average molecular weight is 837 g/mol. The lowest BCUT2D eigenvalue weighted by Gasteiger charge is -2.33. The zero-order chi connectivity index (χ0) is 43.1. The number of benzene rings is 7. The maximum Gasteiger partial charge on any atom is 0.220 e. The minimum absolute atomic E-state index is 0.203. The van der Waals surface area contributed by atoms with E-state index in [1.807, 2.05) is 42.6 Å². The maximum atomic E-state index is 10.8. The van der Waals surface area contributed by atoms with Gasteiger partial charge in [-0.15, -0.1) is 0 Å². The fourth-order valence-electron chi connectivity index (χ4n) is 11.0. The quantitative estimate of drug-likeness (QED) is 0.175. The highest BCUT2D eigenvalue weighted by Gasteiger charge is 2.56. The molecule has 65 heavy (non-hydrogen) atoms. The van der Waals surface area contributed by atoms with Gasteiger partial charge in [0.25, 0.3) is 0 Å². The van der Waals surface area contributed by atoms with Crippen molar-refractivity contribution in [1.82, 2.24) is 5.32 Å². The molecule has 2 aliphatic heterocycles. The molecule has 0 saturated carbocycles. The molecular weight excluding hydrogens is 797 g/mol. The van der Waals surface area contributed by atoms with E-state index in [1.165, 1.54) is 33.4 Å². The van der Waals surface area contributed by atoms with Gasteiger partial charge in [0.2, 0.25) is 5.75 Å². The number of fused-ring (bicyclic) bond motifs is 13. The van der Waals surface area contributed by atoms with E-state index in [-0.39, 0.29) is 11.8 Å². The molecule has 5 aliphatic rings. The summed E-state index contributed by atoms with van der Waals surface area (Å²) in [6.45, 7) is 0. The molecule has 3 unspecified atom stereocenters. The summed E-state index contributed by atoms with van der Waals surface area (Å²) in [6.07, 6.45) is 13.9. The Kier molecular flexibility index (Phi) is 8.31. The number of para-hydroxylation sites is 2. The number of rotatable bonds is 6. The molecule has 0 bridgehead atoms. The van der Waals surface area contributed by atoms with E-state index in [0.717, 1.165) is 62.6 Å². The van der Waals surface area contributed by atoms with Gasteiger partial charge in [-0.25, -0.2) is 0 Å². The molecule has 8 aromatic rings. The van der Waals surface area contributed by atoms with Crippen LogP contribution in [0.1, 0.15) is 51.8 Å². The number of dihydropyridines is 1. The lowest BCUT2D eigenvalue weighted by molar-refractivity contribution is 0.361. The molecule has 1 spiro atoms. The molecule has 3 atom stereocenters. The number of hydrogen-bond donors (Lipinski definition) is 2. The standard InChI is InChI=1S/C60H40N2O3/c63-53-26-11-7-21-48(53)58-44(22-13-35-61-58)40-14-12-17-43(36-40)62(41-15-2-1-3-16-41)42-30-27-38(28-31-42)39-29-33-54-56(37-39)65-59-55(64-54)34-32-52-57(59)47-20-6-10-25-51(47)60(52)49-23-8-4-18-45(49)46-19-5-9-24-50(46)60/h1-18,20-28,30-32,34-37,46,58,61,63H,19H2. The van der Waals surface area contributed by atoms with Crippen LogP contribution < -0.4 is 19.7 Å². The lowest BCUT2D eigenvalue weighted by Crippen LogP contribution is -2.27. The van der Waals surface area contributed by atoms with Crippen LogP contribution >= 0.6 is 0 Å². The molecule has 0 saturated heterocycles. The highest BCUT2D eigenvalue weighted by molar-refractivity contribution is 5.94. The Labute approximate surface area is 378 Å². The number of nitrogens with one attached hydrogen (secondary N) is 1. The van der Waals surface area contributed by atoms with Crippen LogP contribution in [-0.2, 0) is 5.41 Å². The number of phenols is 1. The summed E-state index contributed by atoms with van der Waals surface area (Å²) in [5, 5.41) is 14.3. The number of anilines is 3. The second-order valence-corrected chi connectivity index (χ2v) is 17.1. The van der Waals surface area contributed by atoms with E-state index >= 15 is 0 Å². The summed E-state index contributed by atoms with van der Waals surface area (Å²) in [5.41, 5.74) is 16.4. The van der Waals surface area contributed by atoms with Gasteiger partial charge < -0.3 is 24.8 Å². The first-order valence-electron chi connectivity index (χ1n) is 22.2. The topological polar surface area (TPSA) is 54.0 Å². The monoisotopic (exact) mass is 836 g/mol. The first-order chi connectivity index (χ1) is 32.1. The Hall–Kier alpha value is -8.46. The van der Waals surface area contributed by atoms with Crippen LogP contribution in [0.3, 0.4) is 0 Å². The summed E-state index contributed by atoms with van der Waals surface area (Å²) in [7, 11) is 0. The average Bonchev–Trinajstić information content (AvgIpc) is 3.84. The van der Waals surface area contributed by atoms with E-state index in [4.69, 9.17) is 9.47 Å². The van der Waals surface area contributed by atoms with Gasteiger partial charge in [-0.3, -0.25) is 0 Å². The number of ether oxygens (including phenoxy) is 2. The molecule has 308 valence electrons. The summed E-state index contributed by atoms with van der Waals surface area (Å²) in [6, 6.07) is 65.7. The third-order valence-electron chi connectivity index (χ3n) is 13.8. The summed E-state index contributed by atoms with van der Waals surface area (Å²) < 4.78 is 13.6. The predicted molar refractivity (Wildman–Crippen MR) is 258 cm³/mol. The summed E-state index contributed by atoms with van der Waals surface area (Å²) >= 11 is 0. The first kappa shape index (κ1) is 37.1. The van der Waals surface area contributed by atoms with Gasteiger partial charge in [-0.05, 0) is 123 Å². The van der Waals surface area contributed by atoms with Crippen molar-refractivity contribution in [3.63, 3.8) is 0 Å². The first-order valence-corrected chi connectivity index (χ1v) is 22.2. The number of allylic oxidation sites excluding steroid dienone is 6.